The first kappa shape index (κ1) is 37.9. The Hall–Kier alpha value is -6.78. The predicted octanol–water partition coefficient (Wildman–Crippen LogP) is 13.8. The Kier molecular flexibility index (Phi) is 8.51. The van der Waals surface area contributed by atoms with E-state index in [1.807, 2.05) is 0 Å². The minimum atomic E-state index is -0.0967. The molecule has 12 rings (SSSR count). The number of fused-ring (bicyclic) bond motifs is 7. The first-order chi connectivity index (χ1) is 30.7. The van der Waals surface area contributed by atoms with Gasteiger partial charge in [0.15, 0.2) is 0 Å². The zero-order valence-electron chi connectivity index (χ0n) is 37.0. The molecule has 2 unspecified atom stereocenters. The molecule has 1 saturated carbocycles. The summed E-state index contributed by atoms with van der Waals surface area (Å²) in [4.78, 5) is 7.98. The molecule has 0 amide bonds. The fourth-order valence-electron chi connectivity index (χ4n) is 12.1. The van der Waals surface area contributed by atoms with Gasteiger partial charge in [-0.05, 0) is 150 Å². The summed E-state index contributed by atoms with van der Waals surface area (Å²) in [6, 6.07) is 66.5. The molecule has 8 aromatic carbocycles. The van der Waals surface area contributed by atoms with Crippen molar-refractivity contribution in [2.45, 2.75) is 71.3 Å². The van der Waals surface area contributed by atoms with Gasteiger partial charge in [0.05, 0.1) is 11.2 Å². The summed E-state index contributed by atoms with van der Waals surface area (Å²) in [5, 5.41) is 0. The van der Waals surface area contributed by atoms with Crippen molar-refractivity contribution in [2.24, 2.45) is 0 Å². The average molecular weight is 814 g/mol. The van der Waals surface area contributed by atoms with E-state index in [1.165, 1.54) is 103 Å². The molecule has 3 nitrogen and oxygen atoms in total. The lowest BCUT2D eigenvalue weighted by Crippen LogP contribution is -2.64. The van der Waals surface area contributed by atoms with Crippen LogP contribution in [0.5, 0.6) is 0 Å². The molecule has 0 radical (unpaired) electrons. The van der Waals surface area contributed by atoms with Crippen LogP contribution in [0.4, 0.5) is 45.5 Å². The lowest BCUT2D eigenvalue weighted by atomic mass is 9.33. The largest absolute Gasteiger partial charge is 0.335 e. The van der Waals surface area contributed by atoms with Crippen LogP contribution in [0, 0.1) is 20.8 Å². The molecule has 3 aliphatic heterocycles. The number of anilines is 8. The maximum absolute atomic E-state index is 2.86. The van der Waals surface area contributed by atoms with Crippen LogP contribution in [0.1, 0.15) is 61.8 Å². The highest BCUT2D eigenvalue weighted by atomic mass is 15.3. The predicted molar refractivity (Wildman–Crippen MR) is 268 cm³/mol. The van der Waals surface area contributed by atoms with Crippen molar-refractivity contribution < 1.29 is 0 Å². The van der Waals surface area contributed by atoms with Crippen molar-refractivity contribution in [1.29, 1.82) is 0 Å². The highest BCUT2D eigenvalue weighted by molar-refractivity contribution is 7.00. The van der Waals surface area contributed by atoms with Gasteiger partial charge in [-0.2, -0.15) is 0 Å². The second-order valence-corrected chi connectivity index (χ2v) is 19.1. The van der Waals surface area contributed by atoms with Crippen LogP contribution in [0.25, 0.3) is 22.3 Å². The highest BCUT2D eigenvalue weighted by Gasteiger charge is 2.61. The molecule has 4 aliphatic rings. The highest BCUT2D eigenvalue weighted by Crippen LogP contribution is 2.62. The number of nitrogens with zero attached hydrogens (tertiary/aromatic N) is 3. The second-order valence-electron chi connectivity index (χ2n) is 19.1. The van der Waals surface area contributed by atoms with Crippen LogP contribution in [0.15, 0.2) is 176 Å². The summed E-state index contributed by atoms with van der Waals surface area (Å²) in [5.74, 6) is 0. The van der Waals surface area contributed by atoms with Gasteiger partial charge < -0.3 is 14.7 Å². The lowest BCUT2D eigenvalue weighted by Gasteiger charge is -2.53. The summed E-state index contributed by atoms with van der Waals surface area (Å²) in [5.41, 5.74) is 24.2. The summed E-state index contributed by atoms with van der Waals surface area (Å²) >= 11 is 0. The van der Waals surface area contributed by atoms with Crippen LogP contribution in [0.3, 0.4) is 0 Å². The van der Waals surface area contributed by atoms with Crippen molar-refractivity contribution in [3.05, 3.63) is 198 Å². The number of hydrogen-bond acceptors (Lipinski definition) is 3. The van der Waals surface area contributed by atoms with Gasteiger partial charge in [-0.1, -0.05) is 147 Å². The van der Waals surface area contributed by atoms with E-state index in [9.17, 15) is 0 Å². The molecule has 1 fully saturated rings. The van der Waals surface area contributed by atoms with Gasteiger partial charge in [0.2, 0.25) is 0 Å². The van der Waals surface area contributed by atoms with E-state index in [1.54, 1.807) is 0 Å². The van der Waals surface area contributed by atoms with Crippen molar-refractivity contribution in [1.82, 2.24) is 0 Å². The normalized spacial score (nSPS) is 19.0. The number of benzene rings is 8. The van der Waals surface area contributed by atoms with Gasteiger partial charge in [-0.15, -0.1) is 0 Å². The molecule has 8 aromatic rings. The Morgan fingerprint density at radius 3 is 1.78 bits per heavy atom. The molecule has 0 N–H and O–H groups in total. The van der Waals surface area contributed by atoms with Gasteiger partial charge in [-0.3, -0.25) is 0 Å². The van der Waals surface area contributed by atoms with E-state index in [4.69, 9.17) is 0 Å². The summed E-state index contributed by atoms with van der Waals surface area (Å²) in [6.45, 7) is 12.0. The second kappa shape index (κ2) is 14.1. The fraction of sp³-hybridized carbons (Fsp3) is 0.186. The minimum absolute atomic E-state index is 0.00814. The molecule has 2 atom stereocenters. The van der Waals surface area contributed by atoms with Crippen LogP contribution in [-0.2, 0) is 5.41 Å². The van der Waals surface area contributed by atoms with E-state index >= 15 is 0 Å². The summed E-state index contributed by atoms with van der Waals surface area (Å²) in [7, 11) is 0. The fourth-order valence-corrected chi connectivity index (χ4v) is 12.1. The summed E-state index contributed by atoms with van der Waals surface area (Å²) < 4.78 is 0. The Morgan fingerprint density at radius 1 is 0.476 bits per heavy atom. The Labute approximate surface area is 373 Å². The zero-order valence-corrected chi connectivity index (χ0v) is 37.0. The third-order valence-corrected chi connectivity index (χ3v) is 15.3. The number of aryl methyl sites for hydroxylation is 3. The monoisotopic (exact) mass is 813 g/mol. The van der Waals surface area contributed by atoms with Crippen molar-refractivity contribution in [3.8, 4) is 22.3 Å². The molecule has 1 aliphatic carbocycles. The third kappa shape index (κ3) is 5.66. The van der Waals surface area contributed by atoms with Crippen molar-refractivity contribution in [2.75, 3.05) is 14.7 Å². The minimum Gasteiger partial charge on any atom is -0.335 e. The van der Waals surface area contributed by atoms with Gasteiger partial charge in [-0.25, -0.2) is 0 Å². The standard InChI is InChI=1S/C59H52BN3/c1-39-17-14-24-46(31-39)61(47-25-15-18-40(2)32-47)49-37-54-56-55(38-49)63-57-50(58(4)29-12-13-30-59(58,63)5)33-41(3)34-52(57)60(56)51-28-27-45(43-21-10-7-11-22-43)36-53(51)62(54)48-26-16-23-44(35-48)42-19-8-6-9-20-42/h6-11,14-28,31-38H,12-13,29-30H2,1-5H3. The molecule has 0 aromatic heterocycles. The van der Waals surface area contributed by atoms with Crippen LogP contribution >= 0.6 is 0 Å². The van der Waals surface area contributed by atoms with Crippen molar-refractivity contribution in [3.63, 3.8) is 0 Å². The van der Waals surface area contributed by atoms with E-state index < -0.39 is 0 Å². The molecule has 0 saturated heterocycles. The summed E-state index contributed by atoms with van der Waals surface area (Å²) in [6.07, 6.45) is 4.84. The van der Waals surface area contributed by atoms with E-state index in [0.29, 0.717) is 0 Å². The Morgan fingerprint density at radius 2 is 1.10 bits per heavy atom. The maximum Gasteiger partial charge on any atom is 0.252 e. The zero-order chi connectivity index (χ0) is 42.6. The maximum atomic E-state index is 2.86. The van der Waals surface area contributed by atoms with Gasteiger partial charge in [0.25, 0.3) is 6.71 Å². The third-order valence-electron chi connectivity index (χ3n) is 15.3. The first-order valence-corrected chi connectivity index (χ1v) is 22.9. The molecule has 63 heavy (non-hydrogen) atoms. The molecule has 0 spiro atoms. The smallest absolute Gasteiger partial charge is 0.252 e. The molecular formula is C59H52BN3. The van der Waals surface area contributed by atoms with Crippen LogP contribution in [0.2, 0.25) is 0 Å². The SMILES string of the molecule is Cc1cccc(N(c2cccc(C)c2)c2cc3c4c(c2)N2c5c(cc(C)cc5C5(C)CCCCC25C)B4c2ccc(-c4ccccc4)cc2N3c2cccc(-c3ccccc3)c2)c1. The van der Waals surface area contributed by atoms with Crippen LogP contribution < -0.4 is 31.1 Å². The molecule has 4 heteroatoms. The van der Waals surface area contributed by atoms with Gasteiger partial charge in [0, 0.05) is 45.2 Å². The number of hydrogen-bond donors (Lipinski definition) is 0. The Bertz CT molecular complexity index is 3070. The molecule has 0 bridgehead atoms. The lowest BCUT2D eigenvalue weighted by molar-refractivity contribution is 0.195. The van der Waals surface area contributed by atoms with Crippen LogP contribution in [-0.4, -0.2) is 12.3 Å². The topological polar surface area (TPSA) is 9.72 Å². The Balaban J connectivity index is 1.22. The van der Waals surface area contributed by atoms with E-state index in [-0.39, 0.29) is 17.7 Å². The molecular weight excluding hydrogens is 761 g/mol. The molecule has 306 valence electrons. The van der Waals surface area contributed by atoms with E-state index in [0.717, 1.165) is 29.2 Å². The molecule has 3 heterocycles. The van der Waals surface area contributed by atoms with Gasteiger partial charge >= 0.3 is 0 Å². The van der Waals surface area contributed by atoms with Crippen molar-refractivity contribution >= 4 is 68.6 Å². The first-order valence-electron chi connectivity index (χ1n) is 22.9. The van der Waals surface area contributed by atoms with E-state index in [2.05, 4.69) is 225 Å². The number of rotatable bonds is 6. The van der Waals surface area contributed by atoms with Gasteiger partial charge in [0.1, 0.15) is 0 Å². The average Bonchev–Trinajstić information content (AvgIpc) is 3.51. The quantitative estimate of drug-likeness (QED) is 0.155.